The molecule has 0 bridgehead atoms. The molecule has 0 saturated carbocycles. The monoisotopic (exact) mass is 155 g/mol. The van der Waals surface area contributed by atoms with Crippen molar-refractivity contribution in [3.8, 4) is 12.3 Å². The second-order valence-electron chi connectivity index (χ2n) is 2.45. The van der Waals surface area contributed by atoms with Gasteiger partial charge in [0, 0.05) is 13.0 Å². The van der Waals surface area contributed by atoms with Crippen molar-refractivity contribution in [3.63, 3.8) is 0 Å². The van der Waals surface area contributed by atoms with E-state index in [1.165, 1.54) is 0 Å². The molecular formula is C8H13NO2. The third kappa shape index (κ3) is 3.64. The van der Waals surface area contributed by atoms with E-state index in [4.69, 9.17) is 11.5 Å². The van der Waals surface area contributed by atoms with Gasteiger partial charge in [0.2, 0.25) is 0 Å². The summed E-state index contributed by atoms with van der Waals surface area (Å²) >= 11 is 0. The summed E-state index contributed by atoms with van der Waals surface area (Å²) in [6.45, 7) is 2.27. The first kappa shape index (κ1) is 9.99. The van der Waals surface area contributed by atoms with Crippen LogP contribution >= 0.6 is 0 Å². The fourth-order valence-corrected chi connectivity index (χ4v) is 0.623. The molecule has 0 heterocycles. The van der Waals surface area contributed by atoms with Gasteiger partial charge in [-0.25, -0.2) is 0 Å². The molecule has 1 atom stereocenters. The molecule has 0 radical (unpaired) electrons. The molecular weight excluding hydrogens is 142 g/mol. The summed E-state index contributed by atoms with van der Waals surface area (Å²) in [5.41, 5.74) is 0. The van der Waals surface area contributed by atoms with E-state index in [2.05, 4.69) is 5.92 Å². The van der Waals surface area contributed by atoms with Gasteiger partial charge in [-0.2, -0.15) is 0 Å². The maximum atomic E-state index is 10.4. The van der Waals surface area contributed by atoms with Crippen molar-refractivity contribution in [3.05, 3.63) is 0 Å². The molecule has 0 aliphatic rings. The van der Waals surface area contributed by atoms with Gasteiger partial charge in [-0.1, -0.05) is 0 Å². The highest BCUT2D eigenvalue weighted by atomic mass is 16.4. The first-order valence-corrected chi connectivity index (χ1v) is 3.46. The number of aliphatic carboxylic acids is 1. The van der Waals surface area contributed by atoms with Crippen LogP contribution in [0.1, 0.15) is 13.3 Å². The first-order chi connectivity index (χ1) is 5.09. The van der Waals surface area contributed by atoms with Crippen LogP contribution in [0.2, 0.25) is 0 Å². The summed E-state index contributed by atoms with van der Waals surface area (Å²) in [6, 6.07) is -0.455. The van der Waals surface area contributed by atoms with Crippen LogP contribution in [-0.4, -0.2) is 35.6 Å². The van der Waals surface area contributed by atoms with E-state index >= 15 is 0 Å². The number of carboxylic acid groups (broad SMARTS) is 1. The molecule has 0 aliphatic carbocycles. The fraction of sp³-hybridized carbons (Fsp3) is 0.625. The first-order valence-electron chi connectivity index (χ1n) is 3.46. The normalized spacial score (nSPS) is 12.5. The van der Waals surface area contributed by atoms with Gasteiger partial charge >= 0.3 is 5.97 Å². The predicted octanol–water partition coefficient (Wildman–Crippen LogP) is 0.415. The number of nitrogens with zero attached hydrogens (tertiary/aromatic N) is 1. The van der Waals surface area contributed by atoms with Crippen molar-refractivity contribution in [1.29, 1.82) is 0 Å². The van der Waals surface area contributed by atoms with Crippen LogP contribution in [0.15, 0.2) is 0 Å². The molecule has 1 unspecified atom stereocenters. The standard InChI is InChI=1S/C8H13NO2/c1-4-5-6-9(3)7(2)8(10)11/h1,7H,5-6H2,2-3H3,(H,10,11). The Kier molecular flexibility index (Phi) is 4.32. The summed E-state index contributed by atoms with van der Waals surface area (Å²) in [7, 11) is 1.75. The van der Waals surface area contributed by atoms with Gasteiger partial charge in [0.15, 0.2) is 0 Å². The summed E-state index contributed by atoms with van der Waals surface area (Å²) in [5, 5.41) is 8.56. The SMILES string of the molecule is C#CCCN(C)C(C)C(=O)O. The smallest absolute Gasteiger partial charge is 0.320 e. The number of terminal acetylenes is 1. The van der Waals surface area contributed by atoms with Crippen LogP contribution in [0, 0.1) is 12.3 Å². The predicted molar refractivity (Wildman–Crippen MR) is 43.2 cm³/mol. The third-order valence-corrected chi connectivity index (χ3v) is 1.63. The largest absolute Gasteiger partial charge is 0.480 e. The van der Waals surface area contributed by atoms with Crippen molar-refractivity contribution >= 4 is 5.97 Å². The quantitative estimate of drug-likeness (QED) is 0.598. The van der Waals surface area contributed by atoms with Crippen molar-refractivity contribution in [2.75, 3.05) is 13.6 Å². The van der Waals surface area contributed by atoms with Gasteiger partial charge in [0.05, 0.1) is 0 Å². The summed E-state index contributed by atoms with van der Waals surface area (Å²) in [5.74, 6) is 1.64. The highest BCUT2D eigenvalue weighted by molar-refractivity contribution is 5.72. The molecule has 0 saturated heterocycles. The van der Waals surface area contributed by atoms with E-state index in [1.54, 1.807) is 18.9 Å². The Hall–Kier alpha value is -1.01. The number of carbonyl (C=O) groups is 1. The Bertz CT molecular complexity index is 171. The van der Waals surface area contributed by atoms with E-state index in [9.17, 15) is 4.79 Å². The second kappa shape index (κ2) is 4.75. The summed E-state index contributed by atoms with van der Waals surface area (Å²) in [6.07, 6.45) is 5.62. The van der Waals surface area contributed by atoms with E-state index in [0.29, 0.717) is 13.0 Å². The number of hydrogen-bond acceptors (Lipinski definition) is 2. The molecule has 3 heteroatoms. The van der Waals surface area contributed by atoms with Gasteiger partial charge in [-0.05, 0) is 14.0 Å². The Morgan fingerprint density at radius 1 is 1.82 bits per heavy atom. The molecule has 0 fully saturated rings. The maximum Gasteiger partial charge on any atom is 0.320 e. The molecule has 0 aromatic heterocycles. The molecule has 0 aromatic carbocycles. The van der Waals surface area contributed by atoms with Crippen molar-refractivity contribution in [2.45, 2.75) is 19.4 Å². The van der Waals surface area contributed by atoms with Crippen molar-refractivity contribution in [1.82, 2.24) is 4.90 Å². The second-order valence-corrected chi connectivity index (χ2v) is 2.45. The third-order valence-electron chi connectivity index (χ3n) is 1.63. The molecule has 0 rings (SSSR count). The zero-order chi connectivity index (χ0) is 8.85. The fourth-order valence-electron chi connectivity index (χ4n) is 0.623. The van der Waals surface area contributed by atoms with E-state index in [-0.39, 0.29) is 0 Å². The minimum absolute atomic E-state index is 0.455. The van der Waals surface area contributed by atoms with Crippen LogP contribution in [-0.2, 0) is 4.79 Å². The van der Waals surface area contributed by atoms with Crippen LogP contribution in [0.4, 0.5) is 0 Å². The molecule has 3 nitrogen and oxygen atoms in total. The van der Waals surface area contributed by atoms with Crippen molar-refractivity contribution < 1.29 is 9.90 Å². The molecule has 0 spiro atoms. The van der Waals surface area contributed by atoms with E-state index < -0.39 is 12.0 Å². The lowest BCUT2D eigenvalue weighted by Gasteiger charge is -2.19. The van der Waals surface area contributed by atoms with Crippen LogP contribution < -0.4 is 0 Å². The lowest BCUT2D eigenvalue weighted by Crippen LogP contribution is -2.36. The molecule has 62 valence electrons. The van der Waals surface area contributed by atoms with Crippen molar-refractivity contribution in [2.24, 2.45) is 0 Å². The molecule has 0 aliphatic heterocycles. The topological polar surface area (TPSA) is 40.5 Å². The van der Waals surface area contributed by atoms with Gasteiger partial charge in [0.25, 0.3) is 0 Å². The van der Waals surface area contributed by atoms with Crippen LogP contribution in [0.25, 0.3) is 0 Å². The highest BCUT2D eigenvalue weighted by Gasteiger charge is 2.14. The van der Waals surface area contributed by atoms with Gasteiger partial charge in [0.1, 0.15) is 6.04 Å². The zero-order valence-corrected chi connectivity index (χ0v) is 6.87. The lowest BCUT2D eigenvalue weighted by atomic mass is 10.3. The number of rotatable bonds is 4. The summed E-state index contributed by atoms with van der Waals surface area (Å²) in [4.78, 5) is 12.1. The van der Waals surface area contributed by atoms with E-state index in [1.807, 2.05) is 0 Å². The minimum atomic E-state index is -0.815. The Labute approximate surface area is 67.0 Å². The van der Waals surface area contributed by atoms with Gasteiger partial charge in [-0.15, -0.1) is 12.3 Å². The lowest BCUT2D eigenvalue weighted by molar-refractivity contribution is -0.142. The number of carboxylic acids is 1. The summed E-state index contributed by atoms with van der Waals surface area (Å²) < 4.78 is 0. The number of hydrogen-bond donors (Lipinski definition) is 1. The highest BCUT2D eigenvalue weighted by Crippen LogP contribution is 1.95. The Balaban J connectivity index is 3.75. The maximum absolute atomic E-state index is 10.4. The van der Waals surface area contributed by atoms with E-state index in [0.717, 1.165) is 0 Å². The van der Waals surface area contributed by atoms with Crippen LogP contribution in [0.3, 0.4) is 0 Å². The Morgan fingerprint density at radius 3 is 2.73 bits per heavy atom. The molecule has 0 aromatic rings. The minimum Gasteiger partial charge on any atom is -0.480 e. The number of likely N-dealkylation sites (N-methyl/N-ethyl adjacent to an activating group) is 1. The average molecular weight is 155 g/mol. The average Bonchev–Trinajstić information content (AvgIpc) is 1.98. The van der Waals surface area contributed by atoms with Gasteiger partial charge < -0.3 is 5.11 Å². The van der Waals surface area contributed by atoms with Crippen LogP contribution in [0.5, 0.6) is 0 Å². The van der Waals surface area contributed by atoms with Gasteiger partial charge in [-0.3, -0.25) is 9.69 Å². The molecule has 1 N–H and O–H groups in total. The molecule has 0 amide bonds. The zero-order valence-electron chi connectivity index (χ0n) is 6.87. The molecule has 11 heavy (non-hydrogen) atoms. The Morgan fingerprint density at radius 2 is 2.36 bits per heavy atom.